The van der Waals surface area contributed by atoms with Gasteiger partial charge in [-0.15, -0.1) is 11.3 Å². The molecule has 1 aromatic carbocycles. The number of nitrogens with zero attached hydrogens (tertiary/aromatic N) is 2. The summed E-state index contributed by atoms with van der Waals surface area (Å²) < 4.78 is 5.14. The standard InChI is InChI=1S/C16H21N3O2S/c1-3-19(10-12-4-6-13(21-2)7-5-12)16(20)14-11-22-15(18-14)8-9-17/h4-7,11H,3,8-10,17H2,1-2H3. The van der Waals surface area contributed by atoms with Crippen LogP contribution in [0.1, 0.15) is 28.0 Å². The van der Waals surface area contributed by atoms with Crippen LogP contribution >= 0.6 is 11.3 Å². The van der Waals surface area contributed by atoms with E-state index in [0.29, 0.717) is 31.7 Å². The van der Waals surface area contributed by atoms with E-state index in [2.05, 4.69) is 4.98 Å². The molecule has 0 spiro atoms. The van der Waals surface area contributed by atoms with Gasteiger partial charge in [0.2, 0.25) is 0 Å². The molecule has 0 saturated heterocycles. The summed E-state index contributed by atoms with van der Waals surface area (Å²) in [5.41, 5.74) is 7.09. The second-order valence-electron chi connectivity index (χ2n) is 4.83. The molecule has 1 amide bonds. The topological polar surface area (TPSA) is 68.5 Å². The molecule has 0 saturated carbocycles. The monoisotopic (exact) mass is 319 g/mol. The average Bonchev–Trinajstić information content (AvgIpc) is 3.01. The molecule has 0 aliphatic carbocycles. The molecule has 1 aromatic heterocycles. The minimum absolute atomic E-state index is 0.0437. The first kappa shape index (κ1) is 16.5. The van der Waals surface area contributed by atoms with Gasteiger partial charge in [0.1, 0.15) is 11.4 Å². The highest BCUT2D eigenvalue weighted by Gasteiger charge is 2.17. The van der Waals surface area contributed by atoms with Gasteiger partial charge in [-0.1, -0.05) is 12.1 Å². The summed E-state index contributed by atoms with van der Waals surface area (Å²) in [5, 5.41) is 2.72. The Hall–Kier alpha value is -1.92. The summed E-state index contributed by atoms with van der Waals surface area (Å²) in [5.74, 6) is 0.766. The molecule has 0 radical (unpaired) electrons. The van der Waals surface area contributed by atoms with Crippen LogP contribution in [0.15, 0.2) is 29.6 Å². The Balaban J connectivity index is 2.07. The summed E-state index contributed by atoms with van der Waals surface area (Å²) in [6.07, 6.45) is 0.711. The van der Waals surface area contributed by atoms with Crippen molar-refractivity contribution in [2.24, 2.45) is 5.73 Å². The number of nitrogens with two attached hydrogens (primary N) is 1. The predicted octanol–water partition coefficient (Wildman–Crippen LogP) is 2.32. The lowest BCUT2D eigenvalue weighted by atomic mass is 10.2. The van der Waals surface area contributed by atoms with E-state index >= 15 is 0 Å². The molecule has 0 aliphatic rings. The highest BCUT2D eigenvalue weighted by atomic mass is 32.1. The van der Waals surface area contributed by atoms with Crippen LogP contribution in [0.3, 0.4) is 0 Å². The van der Waals surface area contributed by atoms with Gasteiger partial charge < -0.3 is 15.4 Å². The molecule has 6 heteroatoms. The second-order valence-corrected chi connectivity index (χ2v) is 5.78. The number of rotatable bonds is 7. The Morgan fingerprint density at radius 3 is 2.68 bits per heavy atom. The number of carbonyl (C=O) groups is 1. The van der Waals surface area contributed by atoms with Crippen LogP contribution in [-0.4, -0.2) is 36.0 Å². The van der Waals surface area contributed by atoms with Crippen molar-refractivity contribution in [3.8, 4) is 5.75 Å². The zero-order chi connectivity index (χ0) is 15.9. The second kappa shape index (κ2) is 7.91. The maximum absolute atomic E-state index is 12.5. The van der Waals surface area contributed by atoms with Gasteiger partial charge in [-0.3, -0.25) is 4.79 Å². The SMILES string of the molecule is CCN(Cc1ccc(OC)cc1)C(=O)c1csc(CCN)n1. The lowest BCUT2D eigenvalue weighted by molar-refractivity contribution is 0.0747. The molecule has 0 aliphatic heterocycles. The molecule has 5 nitrogen and oxygen atoms in total. The highest BCUT2D eigenvalue weighted by Crippen LogP contribution is 2.16. The minimum Gasteiger partial charge on any atom is -0.497 e. The quantitative estimate of drug-likeness (QED) is 0.850. The largest absolute Gasteiger partial charge is 0.497 e. The molecule has 0 unspecified atom stereocenters. The summed E-state index contributed by atoms with van der Waals surface area (Å²) in [7, 11) is 1.64. The average molecular weight is 319 g/mol. The van der Waals surface area contributed by atoms with E-state index in [1.54, 1.807) is 12.0 Å². The van der Waals surface area contributed by atoms with E-state index in [1.807, 2.05) is 36.6 Å². The van der Waals surface area contributed by atoms with Gasteiger partial charge in [-0.25, -0.2) is 4.98 Å². The lowest BCUT2D eigenvalue weighted by Crippen LogP contribution is -2.30. The van der Waals surface area contributed by atoms with Gasteiger partial charge in [0.15, 0.2) is 0 Å². The van der Waals surface area contributed by atoms with Crippen molar-refractivity contribution in [1.29, 1.82) is 0 Å². The molecule has 22 heavy (non-hydrogen) atoms. The third-order valence-electron chi connectivity index (χ3n) is 3.33. The molecule has 2 aromatic rings. The Kier molecular flexibility index (Phi) is 5.91. The van der Waals surface area contributed by atoms with Gasteiger partial charge in [0, 0.05) is 24.9 Å². The van der Waals surface area contributed by atoms with E-state index < -0.39 is 0 Å². The van der Waals surface area contributed by atoms with Crippen LogP contribution in [0.4, 0.5) is 0 Å². The van der Waals surface area contributed by atoms with Crippen LogP contribution in [-0.2, 0) is 13.0 Å². The number of thiazole rings is 1. The number of amides is 1. The molecule has 1 heterocycles. The van der Waals surface area contributed by atoms with Crippen LogP contribution in [0.2, 0.25) is 0 Å². The van der Waals surface area contributed by atoms with Crippen LogP contribution in [0.5, 0.6) is 5.75 Å². The van der Waals surface area contributed by atoms with Gasteiger partial charge in [-0.2, -0.15) is 0 Å². The molecule has 118 valence electrons. The fourth-order valence-corrected chi connectivity index (χ4v) is 2.88. The molecule has 2 N–H and O–H groups in total. The summed E-state index contributed by atoms with van der Waals surface area (Å²) in [4.78, 5) is 18.7. The lowest BCUT2D eigenvalue weighted by Gasteiger charge is -2.20. The van der Waals surface area contributed by atoms with Gasteiger partial charge in [0.05, 0.1) is 12.1 Å². The number of hydrogen-bond acceptors (Lipinski definition) is 5. The molecular formula is C16H21N3O2S. The fraction of sp³-hybridized carbons (Fsp3) is 0.375. The van der Waals surface area contributed by atoms with Crippen molar-refractivity contribution >= 4 is 17.2 Å². The number of methoxy groups -OCH3 is 1. The third-order valence-corrected chi connectivity index (χ3v) is 4.24. The maximum atomic E-state index is 12.5. The van der Waals surface area contributed by atoms with Crippen molar-refractivity contribution < 1.29 is 9.53 Å². The van der Waals surface area contributed by atoms with Gasteiger partial charge in [0.25, 0.3) is 5.91 Å². The fourth-order valence-electron chi connectivity index (χ4n) is 2.09. The van der Waals surface area contributed by atoms with E-state index in [9.17, 15) is 4.79 Å². The zero-order valence-corrected chi connectivity index (χ0v) is 13.7. The Bertz CT molecular complexity index is 610. The number of hydrogen-bond donors (Lipinski definition) is 1. The Morgan fingerprint density at radius 2 is 2.09 bits per heavy atom. The Labute approximate surface area is 134 Å². The van der Waals surface area contributed by atoms with Gasteiger partial charge >= 0.3 is 0 Å². The predicted molar refractivity (Wildman–Crippen MR) is 88.3 cm³/mol. The number of ether oxygens (including phenoxy) is 1. The normalized spacial score (nSPS) is 10.5. The number of benzene rings is 1. The van der Waals surface area contributed by atoms with Crippen LogP contribution in [0.25, 0.3) is 0 Å². The molecular weight excluding hydrogens is 298 g/mol. The van der Waals surface area contributed by atoms with E-state index in [-0.39, 0.29) is 5.91 Å². The smallest absolute Gasteiger partial charge is 0.273 e. The summed E-state index contributed by atoms with van der Waals surface area (Å²) in [6.45, 7) is 3.71. The number of aromatic nitrogens is 1. The summed E-state index contributed by atoms with van der Waals surface area (Å²) >= 11 is 1.49. The first-order chi connectivity index (χ1) is 10.7. The van der Waals surface area contributed by atoms with Crippen molar-refractivity contribution in [3.05, 3.63) is 45.9 Å². The van der Waals surface area contributed by atoms with Crippen molar-refractivity contribution in [2.45, 2.75) is 19.9 Å². The Morgan fingerprint density at radius 1 is 1.36 bits per heavy atom. The van der Waals surface area contributed by atoms with E-state index in [0.717, 1.165) is 16.3 Å². The molecule has 0 atom stereocenters. The van der Waals surface area contributed by atoms with Crippen molar-refractivity contribution in [3.63, 3.8) is 0 Å². The van der Waals surface area contributed by atoms with Crippen molar-refractivity contribution in [2.75, 3.05) is 20.2 Å². The first-order valence-corrected chi connectivity index (χ1v) is 8.12. The van der Waals surface area contributed by atoms with Gasteiger partial charge in [-0.05, 0) is 31.2 Å². The molecule has 0 bridgehead atoms. The van der Waals surface area contributed by atoms with E-state index in [1.165, 1.54) is 11.3 Å². The molecule has 0 fully saturated rings. The third kappa shape index (κ3) is 4.05. The molecule has 2 rings (SSSR count). The van der Waals surface area contributed by atoms with E-state index in [4.69, 9.17) is 10.5 Å². The van der Waals surface area contributed by atoms with Crippen molar-refractivity contribution in [1.82, 2.24) is 9.88 Å². The highest BCUT2D eigenvalue weighted by molar-refractivity contribution is 7.09. The zero-order valence-electron chi connectivity index (χ0n) is 12.9. The first-order valence-electron chi connectivity index (χ1n) is 7.24. The maximum Gasteiger partial charge on any atom is 0.273 e. The van der Waals surface area contributed by atoms with Crippen LogP contribution in [0, 0.1) is 0 Å². The summed E-state index contributed by atoms with van der Waals surface area (Å²) in [6, 6.07) is 7.73. The van der Waals surface area contributed by atoms with Crippen LogP contribution < -0.4 is 10.5 Å². The minimum atomic E-state index is -0.0437. The number of carbonyl (C=O) groups excluding carboxylic acids is 1.